The van der Waals surface area contributed by atoms with E-state index in [0.717, 1.165) is 6.07 Å². The molecule has 0 saturated heterocycles. The first kappa shape index (κ1) is 16.6. The summed E-state index contributed by atoms with van der Waals surface area (Å²) in [4.78, 5) is 22.8. The normalized spacial score (nSPS) is 10.2. The van der Waals surface area contributed by atoms with Crippen LogP contribution in [0.25, 0.3) is 0 Å². The molecule has 0 radical (unpaired) electrons. The summed E-state index contributed by atoms with van der Waals surface area (Å²) in [5.74, 6) is -2.64. The molecule has 1 aromatic carbocycles. The fraction of sp³-hybridized carbons (Fsp3) is 0.308. The number of aromatic carboxylic acids is 1. The van der Waals surface area contributed by atoms with Crippen molar-refractivity contribution in [2.45, 2.75) is 0 Å². The van der Waals surface area contributed by atoms with Crippen molar-refractivity contribution in [2.24, 2.45) is 0 Å². The van der Waals surface area contributed by atoms with Gasteiger partial charge in [0.05, 0.1) is 23.2 Å². The molecule has 0 heterocycles. The van der Waals surface area contributed by atoms with Crippen molar-refractivity contribution in [2.75, 3.05) is 31.7 Å². The zero-order chi connectivity index (χ0) is 16.0. The molecule has 0 saturated carbocycles. The number of halogens is 1. The molecular weight excluding hydrogens is 283 g/mol. The Morgan fingerprint density at radius 1 is 1.62 bits per heavy atom. The zero-order valence-electron chi connectivity index (χ0n) is 11.4. The molecule has 0 spiro atoms. The summed E-state index contributed by atoms with van der Waals surface area (Å²) in [5.41, 5.74) is -1.12. The lowest BCUT2D eigenvalue weighted by molar-refractivity contribution is -0.384. The lowest BCUT2D eigenvalue weighted by Crippen LogP contribution is -2.28. The number of nitrogens with zero attached hydrogens (tertiary/aromatic N) is 2. The Hall–Kier alpha value is -2.48. The van der Waals surface area contributed by atoms with Gasteiger partial charge in [0, 0.05) is 20.2 Å². The van der Waals surface area contributed by atoms with E-state index in [0.29, 0.717) is 6.07 Å². The predicted octanol–water partition coefficient (Wildman–Crippen LogP) is 2.07. The van der Waals surface area contributed by atoms with Crippen molar-refractivity contribution in [1.29, 1.82) is 0 Å². The van der Waals surface area contributed by atoms with Crippen LogP contribution in [-0.2, 0) is 4.74 Å². The summed E-state index contributed by atoms with van der Waals surface area (Å²) < 4.78 is 18.5. The summed E-state index contributed by atoms with van der Waals surface area (Å²) in [5, 5.41) is 20.0. The van der Waals surface area contributed by atoms with E-state index >= 15 is 0 Å². The third kappa shape index (κ3) is 3.99. The molecule has 0 aromatic heterocycles. The number of nitro groups is 1. The van der Waals surface area contributed by atoms with Crippen LogP contribution in [0.4, 0.5) is 15.8 Å². The van der Waals surface area contributed by atoms with E-state index in [1.165, 1.54) is 18.1 Å². The van der Waals surface area contributed by atoms with Crippen LogP contribution in [0.15, 0.2) is 24.8 Å². The quantitative estimate of drug-likeness (QED) is 0.448. The average Bonchev–Trinajstić information content (AvgIpc) is 2.42. The monoisotopic (exact) mass is 298 g/mol. The lowest BCUT2D eigenvalue weighted by Gasteiger charge is -2.23. The standard InChI is InChI=1S/C13H15FN2O5/c1-3-4-15(5-6-21-2)11-7-9(13(17)18)10(14)8-12(11)16(19)20/h3,7-8H,1,4-6H2,2H3,(H,17,18). The largest absolute Gasteiger partial charge is 0.478 e. The molecule has 0 aliphatic rings. The Labute approximate surface area is 120 Å². The molecule has 0 unspecified atom stereocenters. The second-order valence-corrected chi connectivity index (χ2v) is 4.11. The predicted molar refractivity (Wildman–Crippen MR) is 74.3 cm³/mol. The highest BCUT2D eigenvalue weighted by molar-refractivity contribution is 5.90. The van der Waals surface area contributed by atoms with E-state index in [1.54, 1.807) is 0 Å². The van der Waals surface area contributed by atoms with Crippen molar-refractivity contribution in [3.8, 4) is 0 Å². The molecule has 0 fully saturated rings. The number of ether oxygens (including phenoxy) is 1. The van der Waals surface area contributed by atoms with E-state index < -0.39 is 28.0 Å². The van der Waals surface area contributed by atoms with Gasteiger partial charge in [-0.3, -0.25) is 10.1 Å². The Balaban J connectivity index is 3.39. The first-order chi connectivity index (χ1) is 9.92. The highest BCUT2D eigenvalue weighted by Crippen LogP contribution is 2.31. The number of hydrogen-bond donors (Lipinski definition) is 1. The minimum absolute atomic E-state index is 0.00995. The van der Waals surface area contributed by atoms with Crippen molar-refractivity contribution in [1.82, 2.24) is 0 Å². The molecule has 7 nitrogen and oxygen atoms in total. The van der Waals surface area contributed by atoms with Crippen LogP contribution >= 0.6 is 0 Å². The van der Waals surface area contributed by atoms with Gasteiger partial charge in [0.15, 0.2) is 0 Å². The molecule has 0 aliphatic carbocycles. The van der Waals surface area contributed by atoms with Crippen LogP contribution in [0.5, 0.6) is 0 Å². The molecule has 114 valence electrons. The van der Waals surface area contributed by atoms with Gasteiger partial charge in [-0.15, -0.1) is 6.58 Å². The SMILES string of the molecule is C=CCN(CCOC)c1cc(C(=O)O)c(F)cc1[N+](=O)[O-]. The van der Waals surface area contributed by atoms with E-state index in [4.69, 9.17) is 9.84 Å². The summed E-state index contributed by atoms with van der Waals surface area (Å²) in [6, 6.07) is 1.57. The maximum absolute atomic E-state index is 13.6. The van der Waals surface area contributed by atoms with Gasteiger partial charge >= 0.3 is 5.97 Å². The number of nitro benzene ring substituents is 1. The van der Waals surface area contributed by atoms with E-state index in [-0.39, 0.29) is 25.4 Å². The van der Waals surface area contributed by atoms with Crippen molar-refractivity contribution in [3.63, 3.8) is 0 Å². The lowest BCUT2D eigenvalue weighted by atomic mass is 10.1. The molecule has 1 aromatic rings. The number of carboxylic acid groups (broad SMARTS) is 1. The van der Waals surface area contributed by atoms with Gasteiger partial charge in [-0.25, -0.2) is 9.18 Å². The van der Waals surface area contributed by atoms with Crippen LogP contribution in [0, 0.1) is 15.9 Å². The van der Waals surface area contributed by atoms with E-state index in [2.05, 4.69) is 6.58 Å². The summed E-state index contributed by atoms with van der Waals surface area (Å²) in [7, 11) is 1.47. The van der Waals surface area contributed by atoms with Gasteiger partial charge in [-0.2, -0.15) is 0 Å². The Morgan fingerprint density at radius 2 is 2.29 bits per heavy atom. The minimum atomic E-state index is -1.49. The van der Waals surface area contributed by atoms with Gasteiger partial charge in [-0.05, 0) is 6.07 Å². The number of hydrogen-bond acceptors (Lipinski definition) is 5. The number of anilines is 1. The average molecular weight is 298 g/mol. The minimum Gasteiger partial charge on any atom is -0.478 e. The summed E-state index contributed by atoms with van der Waals surface area (Å²) >= 11 is 0. The maximum Gasteiger partial charge on any atom is 0.338 e. The van der Waals surface area contributed by atoms with Gasteiger partial charge in [0.1, 0.15) is 11.5 Å². The highest BCUT2D eigenvalue weighted by atomic mass is 19.1. The third-order valence-corrected chi connectivity index (χ3v) is 2.75. The number of methoxy groups -OCH3 is 1. The van der Waals surface area contributed by atoms with Crippen molar-refractivity contribution in [3.05, 3.63) is 46.3 Å². The molecular formula is C13H15FN2O5. The number of carbonyl (C=O) groups is 1. The van der Waals surface area contributed by atoms with Gasteiger partial charge in [0.25, 0.3) is 5.69 Å². The van der Waals surface area contributed by atoms with E-state index in [1.807, 2.05) is 0 Å². The Kier molecular flexibility index (Phi) is 5.79. The fourth-order valence-electron chi connectivity index (χ4n) is 1.78. The van der Waals surface area contributed by atoms with Crippen LogP contribution in [0.1, 0.15) is 10.4 Å². The third-order valence-electron chi connectivity index (χ3n) is 2.75. The van der Waals surface area contributed by atoms with Crippen LogP contribution < -0.4 is 4.90 Å². The summed E-state index contributed by atoms with van der Waals surface area (Å²) in [6.45, 7) is 4.31. The smallest absolute Gasteiger partial charge is 0.338 e. The van der Waals surface area contributed by atoms with Gasteiger partial charge in [0.2, 0.25) is 0 Å². The Bertz CT molecular complexity index is 562. The van der Waals surface area contributed by atoms with Crippen LogP contribution in [-0.4, -0.2) is 42.8 Å². The molecule has 0 aliphatic heterocycles. The zero-order valence-corrected chi connectivity index (χ0v) is 11.4. The molecule has 0 amide bonds. The molecule has 0 bridgehead atoms. The second-order valence-electron chi connectivity index (χ2n) is 4.11. The number of benzene rings is 1. The first-order valence-corrected chi connectivity index (χ1v) is 5.98. The van der Waals surface area contributed by atoms with E-state index in [9.17, 15) is 19.3 Å². The van der Waals surface area contributed by atoms with Crippen LogP contribution in [0.2, 0.25) is 0 Å². The number of rotatable bonds is 8. The van der Waals surface area contributed by atoms with Gasteiger partial charge in [-0.1, -0.05) is 6.08 Å². The maximum atomic E-state index is 13.6. The molecule has 21 heavy (non-hydrogen) atoms. The molecule has 0 atom stereocenters. The first-order valence-electron chi connectivity index (χ1n) is 5.98. The Morgan fingerprint density at radius 3 is 2.76 bits per heavy atom. The highest BCUT2D eigenvalue weighted by Gasteiger charge is 2.24. The van der Waals surface area contributed by atoms with Crippen molar-refractivity contribution >= 4 is 17.3 Å². The molecule has 8 heteroatoms. The fourth-order valence-corrected chi connectivity index (χ4v) is 1.78. The molecule has 1 N–H and O–H groups in total. The summed E-state index contributed by atoms with van der Waals surface area (Å²) in [6.07, 6.45) is 1.50. The molecule has 1 rings (SSSR count). The number of carboxylic acids is 1. The topological polar surface area (TPSA) is 92.9 Å². The van der Waals surface area contributed by atoms with Gasteiger partial charge < -0.3 is 14.7 Å². The second kappa shape index (κ2) is 7.34. The van der Waals surface area contributed by atoms with Crippen LogP contribution in [0.3, 0.4) is 0 Å². The van der Waals surface area contributed by atoms with Crippen molar-refractivity contribution < 1.29 is 24.0 Å².